The quantitative estimate of drug-likeness (QED) is 0.467. The Hall–Kier alpha value is 0.250. The maximum Gasteiger partial charge on any atom is 0.0636 e. The number of hydrogen-bond acceptors (Lipinski definition) is 1. The molecular formula is C16H29ClO. The largest absolute Gasteiger partial charge is 0.378 e. The lowest BCUT2D eigenvalue weighted by atomic mass is 9.70. The second-order valence-electron chi connectivity index (χ2n) is 7.07. The second kappa shape index (κ2) is 5.71. The van der Waals surface area contributed by atoms with Gasteiger partial charge in [-0.1, -0.05) is 33.6 Å². The first-order valence-corrected chi connectivity index (χ1v) is 8.23. The molecule has 2 rings (SSSR count). The second-order valence-corrected chi connectivity index (χ2v) is 7.45. The van der Waals surface area contributed by atoms with Crippen LogP contribution in [0.2, 0.25) is 0 Å². The summed E-state index contributed by atoms with van der Waals surface area (Å²) >= 11 is 5.68. The van der Waals surface area contributed by atoms with Crippen molar-refractivity contribution in [1.29, 1.82) is 0 Å². The molecule has 0 aromatic carbocycles. The molecule has 0 aromatic heterocycles. The van der Waals surface area contributed by atoms with E-state index in [4.69, 9.17) is 16.3 Å². The minimum absolute atomic E-state index is 0.424. The fraction of sp³-hybridized carbons (Fsp3) is 1.00. The van der Waals surface area contributed by atoms with E-state index in [-0.39, 0.29) is 0 Å². The minimum Gasteiger partial charge on any atom is -0.378 e. The third-order valence-corrected chi connectivity index (χ3v) is 6.33. The van der Waals surface area contributed by atoms with Gasteiger partial charge in [0.05, 0.1) is 6.10 Å². The molecule has 0 spiro atoms. The molecule has 2 bridgehead atoms. The highest BCUT2D eigenvalue weighted by molar-refractivity contribution is 6.17. The topological polar surface area (TPSA) is 9.23 Å². The van der Waals surface area contributed by atoms with Gasteiger partial charge < -0.3 is 4.74 Å². The molecule has 2 heteroatoms. The van der Waals surface area contributed by atoms with Crippen LogP contribution in [0.1, 0.15) is 65.7 Å². The van der Waals surface area contributed by atoms with Gasteiger partial charge in [0.1, 0.15) is 0 Å². The monoisotopic (exact) mass is 272 g/mol. The van der Waals surface area contributed by atoms with Gasteiger partial charge in [0.15, 0.2) is 0 Å². The summed E-state index contributed by atoms with van der Waals surface area (Å²) in [5.74, 6) is 1.70. The number of alkyl halides is 1. The number of ether oxygens (including phenoxy) is 1. The van der Waals surface area contributed by atoms with Crippen molar-refractivity contribution in [2.45, 2.75) is 71.8 Å². The fourth-order valence-corrected chi connectivity index (χ4v) is 4.35. The van der Waals surface area contributed by atoms with Gasteiger partial charge in [-0.05, 0) is 48.9 Å². The van der Waals surface area contributed by atoms with Crippen molar-refractivity contribution >= 4 is 11.6 Å². The number of hydrogen-bond donors (Lipinski definition) is 0. The Kier molecular flexibility index (Phi) is 4.65. The van der Waals surface area contributed by atoms with Crippen LogP contribution in [0.25, 0.3) is 0 Å². The van der Waals surface area contributed by atoms with E-state index >= 15 is 0 Å². The molecule has 0 radical (unpaired) electrons. The van der Waals surface area contributed by atoms with E-state index in [1.54, 1.807) is 0 Å². The Morgan fingerprint density at radius 1 is 1.11 bits per heavy atom. The zero-order valence-corrected chi connectivity index (χ0v) is 13.1. The Morgan fingerprint density at radius 3 is 2.39 bits per heavy atom. The van der Waals surface area contributed by atoms with Crippen LogP contribution < -0.4 is 0 Å². The maximum absolute atomic E-state index is 6.22. The zero-order chi connectivity index (χ0) is 13.2. The molecule has 2 fully saturated rings. The van der Waals surface area contributed by atoms with Gasteiger partial charge in [-0.15, -0.1) is 11.6 Å². The summed E-state index contributed by atoms with van der Waals surface area (Å²) in [6, 6.07) is 0. The highest BCUT2D eigenvalue weighted by Crippen LogP contribution is 2.66. The van der Waals surface area contributed by atoms with Gasteiger partial charge in [-0.2, -0.15) is 0 Å². The Balaban J connectivity index is 1.72. The summed E-state index contributed by atoms with van der Waals surface area (Å²) in [6.45, 7) is 8.31. The molecule has 3 atom stereocenters. The van der Waals surface area contributed by atoms with Crippen LogP contribution in [0.3, 0.4) is 0 Å². The highest BCUT2D eigenvalue weighted by Gasteiger charge is 2.61. The van der Waals surface area contributed by atoms with Gasteiger partial charge in [0.25, 0.3) is 0 Å². The molecule has 2 saturated carbocycles. The molecule has 0 heterocycles. The van der Waals surface area contributed by atoms with Crippen molar-refractivity contribution in [2.24, 2.45) is 16.7 Å². The van der Waals surface area contributed by atoms with Crippen LogP contribution in [-0.2, 0) is 4.74 Å². The summed E-state index contributed by atoms with van der Waals surface area (Å²) in [4.78, 5) is 0. The standard InChI is InChI=1S/C16H29ClO/c1-15(2)13-8-9-16(15,3)14(12-13)18-11-7-5-4-6-10-17/h13-14H,4-12H2,1-3H3. The smallest absolute Gasteiger partial charge is 0.0636 e. The Bertz CT molecular complexity index is 276. The number of fused-ring (bicyclic) bond motifs is 2. The molecule has 0 saturated heterocycles. The minimum atomic E-state index is 0.424. The first-order valence-electron chi connectivity index (χ1n) is 7.70. The first-order chi connectivity index (χ1) is 8.52. The molecule has 18 heavy (non-hydrogen) atoms. The van der Waals surface area contributed by atoms with Gasteiger partial charge >= 0.3 is 0 Å². The molecule has 0 aliphatic heterocycles. The summed E-state index contributed by atoms with van der Waals surface area (Å²) < 4.78 is 6.22. The Morgan fingerprint density at radius 2 is 1.83 bits per heavy atom. The molecule has 0 N–H and O–H groups in total. The van der Waals surface area contributed by atoms with Crippen LogP contribution in [0.4, 0.5) is 0 Å². The van der Waals surface area contributed by atoms with Crippen LogP contribution in [0, 0.1) is 16.7 Å². The van der Waals surface area contributed by atoms with E-state index in [1.807, 2.05) is 0 Å². The number of unbranched alkanes of at least 4 members (excludes halogenated alkanes) is 3. The average Bonchev–Trinajstić information content (AvgIpc) is 2.66. The highest BCUT2D eigenvalue weighted by atomic mass is 35.5. The zero-order valence-electron chi connectivity index (χ0n) is 12.3. The summed E-state index contributed by atoms with van der Waals surface area (Å²) in [7, 11) is 0. The molecule has 3 unspecified atom stereocenters. The van der Waals surface area contributed by atoms with Gasteiger partial charge in [0.2, 0.25) is 0 Å². The fourth-order valence-electron chi connectivity index (χ4n) is 4.16. The van der Waals surface area contributed by atoms with Crippen molar-refractivity contribution in [3.8, 4) is 0 Å². The molecular weight excluding hydrogens is 244 g/mol. The van der Waals surface area contributed by atoms with E-state index in [0.717, 1.165) is 24.8 Å². The number of halogens is 1. The predicted octanol–water partition coefficient (Wildman–Crippen LogP) is 5.02. The average molecular weight is 273 g/mol. The van der Waals surface area contributed by atoms with Crippen molar-refractivity contribution < 1.29 is 4.74 Å². The van der Waals surface area contributed by atoms with Crippen LogP contribution in [-0.4, -0.2) is 18.6 Å². The summed E-state index contributed by atoms with van der Waals surface area (Å²) in [5, 5.41) is 0. The maximum atomic E-state index is 6.22. The van der Waals surface area contributed by atoms with Crippen molar-refractivity contribution in [3.05, 3.63) is 0 Å². The first kappa shape index (κ1) is 14.7. The van der Waals surface area contributed by atoms with E-state index in [9.17, 15) is 0 Å². The lowest BCUT2D eigenvalue weighted by Crippen LogP contribution is -2.37. The van der Waals surface area contributed by atoms with Crippen molar-refractivity contribution in [3.63, 3.8) is 0 Å². The molecule has 0 amide bonds. The summed E-state index contributed by atoms with van der Waals surface area (Å²) in [6.07, 6.45) is 9.46. The lowest BCUT2D eigenvalue weighted by molar-refractivity contribution is -0.0475. The van der Waals surface area contributed by atoms with Crippen LogP contribution >= 0.6 is 11.6 Å². The molecule has 106 valence electrons. The van der Waals surface area contributed by atoms with E-state index in [2.05, 4.69) is 20.8 Å². The van der Waals surface area contributed by atoms with Crippen molar-refractivity contribution in [2.75, 3.05) is 12.5 Å². The summed E-state index contributed by atoms with van der Waals surface area (Å²) in [5.41, 5.74) is 0.907. The van der Waals surface area contributed by atoms with Gasteiger partial charge in [-0.3, -0.25) is 0 Å². The normalized spacial score (nSPS) is 37.3. The molecule has 2 aliphatic rings. The SMILES string of the molecule is CC1(C)C2CCC1(C)C(OCCCCCCCl)C2. The van der Waals surface area contributed by atoms with E-state index in [1.165, 1.54) is 38.5 Å². The van der Waals surface area contributed by atoms with Gasteiger partial charge in [-0.25, -0.2) is 0 Å². The molecule has 2 aliphatic carbocycles. The van der Waals surface area contributed by atoms with Gasteiger partial charge in [0, 0.05) is 12.5 Å². The van der Waals surface area contributed by atoms with Crippen LogP contribution in [0.15, 0.2) is 0 Å². The van der Waals surface area contributed by atoms with Crippen LogP contribution in [0.5, 0.6) is 0 Å². The van der Waals surface area contributed by atoms with E-state index < -0.39 is 0 Å². The Labute approximate surface area is 118 Å². The molecule has 0 aromatic rings. The van der Waals surface area contributed by atoms with E-state index in [0.29, 0.717) is 16.9 Å². The van der Waals surface area contributed by atoms with Crippen molar-refractivity contribution in [1.82, 2.24) is 0 Å². The lowest BCUT2D eigenvalue weighted by Gasteiger charge is -2.39. The molecule has 1 nitrogen and oxygen atoms in total. The third kappa shape index (κ3) is 2.45. The third-order valence-electron chi connectivity index (χ3n) is 6.06. The predicted molar refractivity (Wildman–Crippen MR) is 78.2 cm³/mol. The number of rotatable bonds is 7.